The van der Waals surface area contributed by atoms with Crippen LogP contribution < -0.4 is 5.32 Å². The molecule has 0 unspecified atom stereocenters. The first kappa shape index (κ1) is 14.0. The van der Waals surface area contributed by atoms with Crippen molar-refractivity contribution in [3.05, 3.63) is 58.9 Å². The Morgan fingerprint density at radius 2 is 1.89 bits per heavy atom. The molecule has 0 aliphatic carbocycles. The molecule has 1 N–H and O–H groups in total. The molecule has 0 saturated heterocycles. The fourth-order valence-electron chi connectivity index (χ4n) is 1.95. The first-order valence-electron chi connectivity index (χ1n) is 6.46. The van der Waals surface area contributed by atoms with Gasteiger partial charge < -0.3 is 5.32 Å². The minimum Gasteiger partial charge on any atom is -0.313 e. The van der Waals surface area contributed by atoms with Crippen molar-refractivity contribution >= 4 is 11.6 Å². The molecule has 19 heavy (non-hydrogen) atoms. The van der Waals surface area contributed by atoms with E-state index in [1.807, 2.05) is 12.1 Å². The molecule has 0 saturated carbocycles. The number of benzene rings is 2. The molecule has 0 amide bonds. The third-order valence-corrected chi connectivity index (χ3v) is 3.23. The second-order valence-corrected chi connectivity index (χ2v) is 4.91. The molecule has 0 heterocycles. The van der Waals surface area contributed by atoms with Crippen molar-refractivity contribution in [1.82, 2.24) is 5.32 Å². The van der Waals surface area contributed by atoms with Crippen molar-refractivity contribution in [2.75, 3.05) is 6.54 Å². The van der Waals surface area contributed by atoms with Gasteiger partial charge in [-0.2, -0.15) is 0 Å². The summed E-state index contributed by atoms with van der Waals surface area (Å²) >= 11 is 5.82. The van der Waals surface area contributed by atoms with Crippen molar-refractivity contribution in [2.24, 2.45) is 0 Å². The number of hydrogen-bond acceptors (Lipinski definition) is 1. The Morgan fingerprint density at radius 1 is 1.11 bits per heavy atom. The summed E-state index contributed by atoms with van der Waals surface area (Å²) < 4.78 is 13.2. The van der Waals surface area contributed by atoms with Crippen LogP contribution in [0.3, 0.4) is 0 Å². The van der Waals surface area contributed by atoms with Gasteiger partial charge in [-0.3, -0.25) is 0 Å². The smallest absolute Gasteiger partial charge is 0.141 e. The van der Waals surface area contributed by atoms with Crippen LogP contribution in [0.15, 0.2) is 42.5 Å². The van der Waals surface area contributed by atoms with E-state index in [9.17, 15) is 4.39 Å². The number of halogens is 2. The monoisotopic (exact) mass is 277 g/mol. The van der Waals surface area contributed by atoms with Gasteiger partial charge in [0.1, 0.15) is 5.82 Å². The average Bonchev–Trinajstić information content (AvgIpc) is 2.43. The average molecular weight is 278 g/mol. The van der Waals surface area contributed by atoms with Gasteiger partial charge in [0.15, 0.2) is 0 Å². The predicted octanol–water partition coefficient (Wildman–Crippen LogP) is 4.65. The molecular formula is C16H17ClFN. The van der Waals surface area contributed by atoms with Crippen molar-refractivity contribution in [1.29, 1.82) is 0 Å². The normalized spacial score (nSPS) is 10.7. The first-order valence-corrected chi connectivity index (χ1v) is 6.83. The van der Waals surface area contributed by atoms with Gasteiger partial charge in [-0.1, -0.05) is 42.8 Å². The molecule has 0 aliphatic rings. The molecule has 0 aliphatic heterocycles. The van der Waals surface area contributed by atoms with Crippen molar-refractivity contribution in [3.63, 3.8) is 0 Å². The standard InChI is InChI=1S/C16H17ClFN/c1-2-8-19-11-12-4-3-5-13(9-12)14-6-7-16(18)15(17)10-14/h3-7,9-10,19H,2,8,11H2,1H3. The highest BCUT2D eigenvalue weighted by Gasteiger charge is 2.03. The van der Waals surface area contributed by atoms with Crippen LogP contribution in [0.5, 0.6) is 0 Å². The minimum absolute atomic E-state index is 0.159. The van der Waals surface area contributed by atoms with Crippen LogP contribution in [-0.2, 0) is 6.54 Å². The molecule has 0 atom stereocenters. The molecule has 0 spiro atoms. The van der Waals surface area contributed by atoms with Crippen LogP contribution in [0.25, 0.3) is 11.1 Å². The van der Waals surface area contributed by atoms with E-state index < -0.39 is 0 Å². The van der Waals surface area contributed by atoms with Gasteiger partial charge in [0.2, 0.25) is 0 Å². The highest BCUT2D eigenvalue weighted by atomic mass is 35.5. The molecule has 3 heteroatoms. The van der Waals surface area contributed by atoms with Crippen LogP contribution in [0.2, 0.25) is 5.02 Å². The van der Waals surface area contributed by atoms with E-state index in [0.717, 1.165) is 30.6 Å². The molecule has 1 nitrogen and oxygen atoms in total. The lowest BCUT2D eigenvalue weighted by Gasteiger charge is -2.07. The number of nitrogens with one attached hydrogen (secondary N) is 1. The molecule has 2 rings (SSSR count). The summed E-state index contributed by atoms with van der Waals surface area (Å²) in [5.41, 5.74) is 3.20. The summed E-state index contributed by atoms with van der Waals surface area (Å²) in [7, 11) is 0. The quantitative estimate of drug-likeness (QED) is 0.785. The predicted molar refractivity (Wildman–Crippen MR) is 78.8 cm³/mol. The molecule has 0 aromatic heterocycles. The largest absolute Gasteiger partial charge is 0.313 e. The maximum absolute atomic E-state index is 13.2. The molecule has 0 fully saturated rings. The van der Waals surface area contributed by atoms with Crippen molar-refractivity contribution < 1.29 is 4.39 Å². The Hall–Kier alpha value is -1.38. The third kappa shape index (κ3) is 3.79. The molecule has 2 aromatic carbocycles. The van der Waals surface area contributed by atoms with Crippen LogP contribution in [-0.4, -0.2) is 6.54 Å². The zero-order valence-electron chi connectivity index (χ0n) is 10.9. The number of hydrogen-bond donors (Lipinski definition) is 1. The Balaban J connectivity index is 2.19. The lowest BCUT2D eigenvalue weighted by molar-refractivity contribution is 0.628. The van der Waals surface area contributed by atoms with Crippen LogP contribution in [0.4, 0.5) is 4.39 Å². The van der Waals surface area contributed by atoms with E-state index in [2.05, 4.69) is 24.4 Å². The van der Waals surface area contributed by atoms with Crippen LogP contribution in [0, 0.1) is 5.82 Å². The zero-order chi connectivity index (χ0) is 13.7. The van der Waals surface area contributed by atoms with Crippen LogP contribution in [0.1, 0.15) is 18.9 Å². The summed E-state index contributed by atoms with van der Waals surface area (Å²) in [4.78, 5) is 0. The lowest BCUT2D eigenvalue weighted by atomic mass is 10.0. The summed E-state index contributed by atoms with van der Waals surface area (Å²) in [5.74, 6) is -0.383. The molecule has 2 aromatic rings. The van der Waals surface area contributed by atoms with Gasteiger partial charge in [-0.05, 0) is 47.9 Å². The maximum atomic E-state index is 13.2. The summed E-state index contributed by atoms with van der Waals surface area (Å²) in [6.07, 6.45) is 1.12. The van der Waals surface area contributed by atoms with Gasteiger partial charge in [-0.25, -0.2) is 4.39 Å². The van der Waals surface area contributed by atoms with Crippen molar-refractivity contribution in [2.45, 2.75) is 19.9 Å². The van der Waals surface area contributed by atoms with E-state index in [-0.39, 0.29) is 10.8 Å². The Morgan fingerprint density at radius 3 is 2.63 bits per heavy atom. The number of rotatable bonds is 5. The second-order valence-electron chi connectivity index (χ2n) is 4.51. The summed E-state index contributed by atoms with van der Waals surface area (Å²) in [6.45, 7) is 3.99. The van der Waals surface area contributed by atoms with Gasteiger partial charge in [0.05, 0.1) is 5.02 Å². The lowest BCUT2D eigenvalue weighted by Crippen LogP contribution is -2.13. The maximum Gasteiger partial charge on any atom is 0.141 e. The highest BCUT2D eigenvalue weighted by Crippen LogP contribution is 2.25. The Labute approximate surface area is 118 Å². The SMILES string of the molecule is CCCNCc1cccc(-c2ccc(F)c(Cl)c2)c1. The zero-order valence-corrected chi connectivity index (χ0v) is 11.7. The third-order valence-electron chi connectivity index (χ3n) is 2.94. The fourth-order valence-corrected chi connectivity index (χ4v) is 2.13. The first-order chi connectivity index (χ1) is 9.20. The fraction of sp³-hybridized carbons (Fsp3) is 0.250. The van der Waals surface area contributed by atoms with Crippen molar-refractivity contribution in [3.8, 4) is 11.1 Å². The van der Waals surface area contributed by atoms with E-state index >= 15 is 0 Å². The topological polar surface area (TPSA) is 12.0 Å². The van der Waals surface area contributed by atoms with E-state index in [1.54, 1.807) is 12.1 Å². The molecule has 0 radical (unpaired) electrons. The molecular weight excluding hydrogens is 261 g/mol. The molecule has 0 bridgehead atoms. The Bertz CT molecular complexity index is 554. The van der Waals surface area contributed by atoms with Gasteiger partial charge >= 0.3 is 0 Å². The van der Waals surface area contributed by atoms with E-state index in [4.69, 9.17) is 11.6 Å². The van der Waals surface area contributed by atoms with E-state index in [0.29, 0.717) is 0 Å². The highest BCUT2D eigenvalue weighted by molar-refractivity contribution is 6.31. The van der Waals surface area contributed by atoms with E-state index in [1.165, 1.54) is 11.6 Å². The summed E-state index contributed by atoms with van der Waals surface area (Å²) in [6, 6.07) is 13.0. The van der Waals surface area contributed by atoms with Crippen LogP contribution >= 0.6 is 11.6 Å². The van der Waals surface area contributed by atoms with Gasteiger partial charge in [-0.15, -0.1) is 0 Å². The second kappa shape index (κ2) is 6.69. The molecule has 100 valence electrons. The van der Waals surface area contributed by atoms with Gasteiger partial charge in [0.25, 0.3) is 0 Å². The summed E-state index contributed by atoms with van der Waals surface area (Å²) in [5, 5.41) is 3.52. The van der Waals surface area contributed by atoms with Gasteiger partial charge in [0, 0.05) is 6.54 Å². The minimum atomic E-state index is -0.383. The Kier molecular flexibility index (Phi) is 4.94.